The van der Waals surface area contributed by atoms with E-state index in [2.05, 4.69) is 26.6 Å². The fourth-order valence-electron chi connectivity index (χ4n) is 8.62. The summed E-state index contributed by atoms with van der Waals surface area (Å²) in [6, 6.07) is -7.41. The van der Waals surface area contributed by atoms with Gasteiger partial charge in [-0.3, -0.25) is 19.2 Å². The second-order valence-corrected chi connectivity index (χ2v) is 16.9. The van der Waals surface area contributed by atoms with Crippen molar-refractivity contribution in [1.29, 1.82) is 0 Å². The minimum Gasteiger partial charge on any atom is -0.371 e. The van der Waals surface area contributed by atoms with Crippen LogP contribution >= 0.6 is 0 Å². The lowest BCUT2D eigenvalue weighted by molar-refractivity contribution is -0.140. The average molecular weight is 864 g/mol. The fourth-order valence-corrected chi connectivity index (χ4v) is 8.62. The molecule has 6 aliphatic rings. The summed E-state index contributed by atoms with van der Waals surface area (Å²) in [5, 5.41) is 14.2. The molecular formula is C42H55F6N9O4. The van der Waals surface area contributed by atoms with Gasteiger partial charge in [0.05, 0.1) is 54.7 Å². The molecule has 0 saturated carbocycles. The van der Waals surface area contributed by atoms with E-state index in [9.17, 15) is 28.0 Å². The monoisotopic (exact) mass is 863 g/mol. The van der Waals surface area contributed by atoms with Gasteiger partial charge in [0.25, 0.3) is 11.8 Å². The Hall–Kier alpha value is -4.91. The molecule has 8 atom stereocenters. The van der Waals surface area contributed by atoms with Gasteiger partial charge in [0, 0.05) is 25.4 Å². The number of likely N-dealkylation sites (N-methyl/N-ethyl adjacent to an activating group) is 2. The Bertz CT molecular complexity index is 2010. The van der Waals surface area contributed by atoms with E-state index in [1.165, 1.54) is 36.5 Å². The summed E-state index contributed by atoms with van der Waals surface area (Å²) in [7, 11) is 3.14. The summed E-state index contributed by atoms with van der Waals surface area (Å²) >= 11 is 0. The predicted molar refractivity (Wildman–Crippen MR) is 216 cm³/mol. The van der Waals surface area contributed by atoms with Gasteiger partial charge in [-0.1, -0.05) is 32.9 Å². The van der Waals surface area contributed by atoms with Gasteiger partial charge in [-0.25, -0.2) is 31.3 Å². The van der Waals surface area contributed by atoms with Gasteiger partial charge in [-0.2, -0.15) is 0 Å². The van der Waals surface area contributed by atoms with E-state index in [0.29, 0.717) is 11.1 Å². The quantitative estimate of drug-likeness (QED) is 0.167. The van der Waals surface area contributed by atoms with Crippen molar-refractivity contribution in [3.05, 3.63) is 70.8 Å². The highest BCUT2D eigenvalue weighted by molar-refractivity contribution is 6.04. The number of allylic oxidation sites excluding steroid dienone is 5. The molecule has 4 heterocycles. The molecule has 2 fully saturated rings. The Labute approximate surface area is 351 Å². The van der Waals surface area contributed by atoms with Crippen LogP contribution in [0.25, 0.3) is 0 Å². The molecule has 2 saturated heterocycles. The maximum Gasteiger partial charge on any atom is 0.267 e. The SMILES string of the molecule is CCC(NC(=O)C(C)NC)C(=O)N1CC(F)(F)CC1CC1=C2C=CC(F)=CC2NC1=C1N=C2C=C(F)C=CC2N1CC1CC(F)(F)CN1C(=O)C(NC(=O)C(C)NC)C(C)C. The lowest BCUT2D eigenvalue weighted by atomic mass is 9.93. The largest absolute Gasteiger partial charge is 0.371 e. The molecule has 5 N–H and O–H groups in total. The average Bonchev–Trinajstić information content (AvgIpc) is 3.92. The van der Waals surface area contributed by atoms with Crippen LogP contribution in [0, 0.1) is 5.92 Å². The second-order valence-electron chi connectivity index (χ2n) is 16.9. The van der Waals surface area contributed by atoms with Crippen LogP contribution < -0.4 is 26.6 Å². The first-order valence-corrected chi connectivity index (χ1v) is 20.7. The van der Waals surface area contributed by atoms with Gasteiger partial charge in [-0.05, 0) is 82.2 Å². The van der Waals surface area contributed by atoms with Crippen LogP contribution in [0.1, 0.15) is 60.3 Å². The van der Waals surface area contributed by atoms with Crippen LogP contribution in [0.5, 0.6) is 0 Å². The Morgan fingerprint density at radius 1 is 0.852 bits per heavy atom. The van der Waals surface area contributed by atoms with Gasteiger partial charge in [0.2, 0.25) is 23.6 Å². The zero-order valence-electron chi connectivity index (χ0n) is 35.3. The topological polar surface area (TPSA) is 151 Å². The van der Waals surface area contributed by atoms with Gasteiger partial charge < -0.3 is 41.3 Å². The molecule has 0 aromatic rings. The van der Waals surface area contributed by atoms with E-state index in [4.69, 9.17) is 4.99 Å². The van der Waals surface area contributed by atoms with Gasteiger partial charge in [0.15, 0.2) is 5.82 Å². The normalized spacial score (nSPS) is 28.2. The molecule has 4 aliphatic heterocycles. The van der Waals surface area contributed by atoms with E-state index in [1.807, 2.05) is 0 Å². The number of hydrogen-bond donors (Lipinski definition) is 5. The van der Waals surface area contributed by atoms with Crippen molar-refractivity contribution in [2.45, 2.75) is 120 Å². The molecular weight excluding hydrogens is 809 g/mol. The molecule has 19 heteroatoms. The van der Waals surface area contributed by atoms with Gasteiger partial charge >= 0.3 is 0 Å². The number of carbonyl (C=O) groups excluding carboxylic acids is 4. The molecule has 0 bridgehead atoms. The van der Waals surface area contributed by atoms with Crippen molar-refractivity contribution in [3.8, 4) is 0 Å². The number of halogens is 6. The number of amides is 4. The molecule has 13 nitrogen and oxygen atoms in total. The number of fused-ring (bicyclic) bond motifs is 2. The summed E-state index contributed by atoms with van der Waals surface area (Å²) in [5.41, 5.74) is 1.34. The van der Waals surface area contributed by atoms with Crippen LogP contribution in [-0.4, -0.2) is 138 Å². The zero-order valence-corrected chi connectivity index (χ0v) is 35.3. The Morgan fingerprint density at radius 2 is 1.46 bits per heavy atom. The number of likely N-dealkylation sites (tertiary alicyclic amines) is 2. The highest BCUT2D eigenvalue weighted by atomic mass is 19.3. The molecule has 61 heavy (non-hydrogen) atoms. The summed E-state index contributed by atoms with van der Waals surface area (Å²) in [5.74, 6) is -10.5. The summed E-state index contributed by atoms with van der Waals surface area (Å²) in [6.45, 7) is 6.15. The van der Waals surface area contributed by atoms with Crippen molar-refractivity contribution in [2.75, 3.05) is 33.7 Å². The number of hydrogen-bond acceptors (Lipinski definition) is 9. The maximum absolute atomic E-state index is 15.5. The molecule has 0 aromatic carbocycles. The molecule has 0 radical (unpaired) electrons. The third-order valence-corrected chi connectivity index (χ3v) is 12.2. The lowest BCUT2D eigenvalue weighted by Crippen LogP contribution is -2.56. The number of nitrogens with zero attached hydrogens (tertiary/aromatic N) is 4. The number of alkyl halides is 4. The number of rotatable bonds is 14. The molecule has 334 valence electrons. The predicted octanol–water partition coefficient (Wildman–Crippen LogP) is 3.51. The third kappa shape index (κ3) is 9.61. The van der Waals surface area contributed by atoms with E-state index < -0.39 is 127 Å². The molecule has 4 amide bonds. The smallest absolute Gasteiger partial charge is 0.267 e. The van der Waals surface area contributed by atoms with Crippen molar-refractivity contribution in [1.82, 2.24) is 41.3 Å². The summed E-state index contributed by atoms with van der Waals surface area (Å²) < 4.78 is 91.3. The number of nitrogens with one attached hydrogen (secondary N) is 5. The molecule has 2 aliphatic carbocycles. The van der Waals surface area contributed by atoms with E-state index >= 15 is 17.6 Å². The summed E-state index contributed by atoms with van der Waals surface area (Å²) in [6.07, 6.45) is 6.37. The van der Waals surface area contributed by atoms with Crippen LogP contribution in [0.3, 0.4) is 0 Å². The van der Waals surface area contributed by atoms with E-state index in [0.717, 1.165) is 9.80 Å². The maximum atomic E-state index is 15.5. The van der Waals surface area contributed by atoms with Crippen LogP contribution in [-0.2, 0) is 19.2 Å². The first kappa shape index (κ1) is 45.6. The van der Waals surface area contributed by atoms with Crippen LogP contribution in [0.2, 0.25) is 0 Å². The van der Waals surface area contributed by atoms with E-state index in [1.54, 1.807) is 53.6 Å². The fraction of sp³-hybridized carbons (Fsp3) is 0.595. The molecule has 6 rings (SSSR count). The highest BCUT2D eigenvalue weighted by Gasteiger charge is 2.52. The first-order valence-electron chi connectivity index (χ1n) is 20.7. The Balaban J connectivity index is 1.39. The lowest BCUT2D eigenvalue weighted by Gasteiger charge is -2.35. The molecule has 8 unspecified atom stereocenters. The highest BCUT2D eigenvalue weighted by Crippen LogP contribution is 2.44. The van der Waals surface area contributed by atoms with Crippen LogP contribution in [0.15, 0.2) is 75.8 Å². The Morgan fingerprint density at radius 3 is 2.07 bits per heavy atom. The van der Waals surface area contributed by atoms with Crippen molar-refractivity contribution in [2.24, 2.45) is 10.9 Å². The van der Waals surface area contributed by atoms with Gasteiger partial charge in [-0.15, -0.1) is 0 Å². The van der Waals surface area contributed by atoms with Crippen LogP contribution in [0.4, 0.5) is 26.3 Å². The zero-order chi connectivity index (χ0) is 44.7. The van der Waals surface area contributed by atoms with Crippen molar-refractivity contribution >= 4 is 29.3 Å². The Kier molecular flexibility index (Phi) is 13.3. The molecule has 0 spiro atoms. The molecule has 0 aromatic heterocycles. The van der Waals surface area contributed by atoms with E-state index in [-0.39, 0.29) is 36.6 Å². The van der Waals surface area contributed by atoms with Gasteiger partial charge in [0.1, 0.15) is 23.7 Å². The minimum atomic E-state index is -3.30. The first-order chi connectivity index (χ1) is 28.7. The number of aliphatic imine (C=N–C) groups is 1. The van der Waals surface area contributed by atoms with Crippen molar-refractivity contribution in [3.63, 3.8) is 0 Å². The number of carbonyl (C=O) groups is 4. The second kappa shape index (κ2) is 17.8. The summed E-state index contributed by atoms with van der Waals surface area (Å²) in [4.78, 5) is 62.3. The standard InChI is InChI=1S/C42H55F6N9O4/c1-8-30(53-37(58)22(4)49-6)39(60)56-19-41(45,46)16-26(56)15-29-28-11-9-24(43)13-31(28)51-35(29)36-52-32-14-25(44)10-12-33(32)55(36)18-27-17-42(47,48)20-57(27)40(61)34(21(2)3)54-38(59)23(5)50-7/h9-14,21-23,26-27,30-31,33-34,49-51H,8,15-20H2,1-7H3,(H,53,58)(H,54,59). The minimum absolute atomic E-state index is 0.122. The third-order valence-electron chi connectivity index (χ3n) is 12.2. The van der Waals surface area contributed by atoms with Crippen molar-refractivity contribution < 1.29 is 45.5 Å².